The summed E-state index contributed by atoms with van der Waals surface area (Å²) < 4.78 is 24.7. The van der Waals surface area contributed by atoms with Crippen LogP contribution in [0.5, 0.6) is 0 Å². The highest BCUT2D eigenvalue weighted by Crippen LogP contribution is 2.21. The summed E-state index contributed by atoms with van der Waals surface area (Å²) in [5.41, 5.74) is 0. The molecule has 0 spiro atoms. The van der Waals surface area contributed by atoms with Gasteiger partial charge in [0, 0.05) is 13.1 Å². The first-order chi connectivity index (χ1) is 7.26. The molecule has 16 heavy (non-hydrogen) atoms. The molecule has 0 aromatic heterocycles. The van der Waals surface area contributed by atoms with E-state index in [9.17, 15) is 18.3 Å². The number of rotatable bonds is 3. The van der Waals surface area contributed by atoms with E-state index in [1.807, 2.05) is 6.92 Å². The van der Waals surface area contributed by atoms with E-state index in [0.717, 1.165) is 11.2 Å². The number of aliphatic hydroxyl groups excluding tert-OH is 1. The number of carboxylic acid groups (broad SMARTS) is 1. The Bertz CT molecular complexity index is 366. The van der Waals surface area contributed by atoms with Gasteiger partial charge in [-0.3, -0.25) is 4.79 Å². The van der Waals surface area contributed by atoms with Crippen LogP contribution in [0.4, 0.5) is 0 Å². The minimum atomic E-state index is -3.84. The van der Waals surface area contributed by atoms with Crippen molar-refractivity contribution >= 4 is 16.0 Å². The minimum absolute atomic E-state index is 0.0128. The van der Waals surface area contributed by atoms with Gasteiger partial charge in [0.15, 0.2) is 5.25 Å². The third kappa shape index (κ3) is 2.53. The summed E-state index contributed by atoms with van der Waals surface area (Å²) in [4.78, 5) is 10.7. The average molecular weight is 251 g/mol. The second-order valence-electron chi connectivity index (χ2n) is 4.22. The molecule has 1 aliphatic heterocycles. The van der Waals surface area contributed by atoms with Crippen LogP contribution in [0.25, 0.3) is 0 Å². The van der Waals surface area contributed by atoms with E-state index in [2.05, 4.69) is 0 Å². The van der Waals surface area contributed by atoms with Crippen molar-refractivity contribution in [3.05, 3.63) is 0 Å². The maximum Gasteiger partial charge on any atom is 0.323 e. The van der Waals surface area contributed by atoms with Gasteiger partial charge in [0.1, 0.15) is 0 Å². The molecule has 0 radical (unpaired) electrons. The van der Waals surface area contributed by atoms with Crippen LogP contribution >= 0.6 is 0 Å². The van der Waals surface area contributed by atoms with Crippen LogP contribution in [0.2, 0.25) is 0 Å². The zero-order valence-corrected chi connectivity index (χ0v) is 10.1. The van der Waals surface area contributed by atoms with Crippen molar-refractivity contribution in [3.8, 4) is 0 Å². The number of carbonyl (C=O) groups is 1. The van der Waals surface area contributed by atoms with E-state index in [0.29, 0.717) is 6.42 Å². The van der Waals surface area contributed by atoms with Crippen LogP contribution < -0.4 is 0 Å². The topological polar surface area (TPSA) is 94.9 Å². The lowest BCUT2D eigenvalue weighted by Crippen LogP contribution is -2.49. The van der Waals surface area contributed by atoms with Crippen molar-refractivity contribution in [1.82, 2.24) is 4.31 Å². The number of β-amino-alcohol motifs (C(OH)–C–C–N with tert-alkyl or cyclic N) is 1. The van der Waals surface area contributed by atoms with Gasteiger partial charge >= 0.3 is 5.97 Å². The lowest BCUT2D eigenvalue weighted by molar-refractivity contribution is -0.136. The Labute approximate surface area is 94.9 Å². The first-order valence-electron chi connectivity index (χ1n) is 5.16. The maximum absolute atomic E-state index is 11.8. The van der Waals surface area contributed by atoms with Crippen molar-refractivity contribution in [2.45, 2.75) is 31.6 Å². The first kappa shape index (κ1) is 13.4. The van der Waals surface area contributed by atoms with Gasteiger partial charge in [-0.25, -0.2) is 8.42 Å². The number of hydrogen-bond donors (Lipinski definition) is 2. The summed E-state index contributed by atoms with van der Waals surface area (Å²) in [6.07, 6.45) is -0.170. The highest BCUT2D eigenvalue weighted by atomic mass is 32.2. The van der Waals surface area contributed by atoms with Gasteiger partial charge < -0.3 is 10.2 Å². The molecule has 0 amide bonds. The normalized spacial score (nSPS) is 29.9. The van der Waals surface area contributed by atoms with Crippen LogP contribution in [-0.4, -0.2) is 53.3 Å². The Morgan fingerprint density at radius 3 is 2.50 bits per heavy atom. The van der Waals surface area contributed by atoms with Crippen LogP contribution in [0.1, 0.15) is 20.3 Å². The van der Waals surface area contributed by atoms with Crippen LogP contribution in [0, 0.1) is 5.92 Å². The summed E-state index contributed by atoms with van der Waals surface area (Å²) in [6.45, 7) is 3.25. The van der Waals surface area contributed by atoms with Gasteiger partial charge in [-0.15, -0.1) is 0 Å². The smallest absolute Gasteiger partial charge is 0.323 e. The minimum Gasteiger partial charge on any atom is -0.480 e. The Morgan fingerprint density at radius 1 is 1.50 bits per heavy atom. The molecular formula is C9H17NO5S. The molecule has 0 aromatic rings. The summed E-state index contributed by atoms with van der Waals surface area (Å²) in [7, 11) is -3.84. The number of aliphatic carboxylic acids is 1. The molecule has 94 valence electrons. The highest BCUT2D eigenvalue weighted by Gasteiger charge is 2.37. The van der Waals surface area contributed by atoms with Crippen molar-refractivity contribution in [2.24, 2.45) is 5.92 Å². The van der Waals surface area contributed by atoms with Gasteiger partial charge in [-0.2, -0.15) is 4.31 Å². The Kier molecular flexibility index (Phi) is 3.92. The first-order valence-corrected chi connectivity index (χ1v) is 6.67. The van der Waals surface area contributed by atoms with Crippen molar-refractivity contribution in [3.63, 3.8) is 0 Å². The Balaban J connectivity index is 2.82. The van der Waals surface area contributed by atoms with E-state index in [1.165, 1.54) is 0 Å². The summed E-state index contributed by atoms with van der Waals surface area (Å²) >= 11 is 0. The fourth-order valence-electron chi connectivity index (χ4n) is 1.60. The van der Waals surface area contributed by atoms with E-state index in [1.54, 1.807) is 0 Å². The van der Waals surface area contributed by atoms with E-state index in [4.69, 9.17) is 5.11 Å². The number of nitrogens with zero attached hydrogens (tertiary/aromatic N) is 1. The van der Waals surface area contributed by atoms with Crippen LogP contribution in [0.15, 0.2) is 0 Å². The van der Waals surface area contributed by atoms with Crippen LogP contribution in [-0.2, 0) is 14.8 Å². The number of sulfonamides is 1. The van der Waals surface area contributed by atoms with Crippen molar-refractivity contribution in [1.29, 1.82) is 0 Å². The second kappa shape index (κ2) is 4.68. The maximum atomic E-state index is 11.8. The number of aliphatic hydroxyl groups is 1. The molecule has 0 aromatic carbocycles. The van der Waals surface area contributed by atoms with E-state index in [-0.39, 0.29) is 19.0 Å². The third-order valence-electron chi connectivity index (χ3n) is 3.04. The summed E-state index contributed by atoms with van der Waals surface area (Å²) in [6, 6.07) is 0. The van der Waals surface area contributed by atoms with Gasteiger partial charge in [0.2, 0.25) is 10.0 Å². The summed E-state index contributed by atoms with van der Waals surface area (Å²) in [5.74, 6) is -1.32. The highest BCUT2D eigenvalue weighted by molar-refractivity contribution is 7.90. The molecule has 3 unspecified atom stereocenters. The molecular weight excluding hydrogens is 234 g/mol. The number of carboxylic acids is 1. The number of piperidine rings is 1. The van der Waals surface area contributed by atoms with Crippen molar-refractivity contribution < 1.29 is 23.4 Å². The molecule has 1 saturated heterocycles. The fraction of sp³-hybridized carbons (Fsp3) is 0.889. The van der Waals surface area contributed by atoms with Gasteiger partial charge in [0.05, 0.1) is 6.10 Å². The SMILES string of the molecule is CC1CCN(S(=O)(=O)C(C)C(=O)O)CC1O. The van der Waals surface area contributed by atoms with Crippen molar-refractivity contribution in [2.75, 3.05) is 13.1 Å². The summed E-state index contributed by atoms with van der Waals surface area (Å²) in [5, 5.41) is 16.8. The molecule has 1 rings (SSSR count). The fourth-order valence-corrected chi connectivity index (χ4v) is 3.02. The molecule has 2 N–H and O–H groups in total. The van der Waals surface area contributed by atoms with Gasteiger partial charge in [-0.1, -0.05) is 6.92 Å². The molecule has 0 aliphatic carbocycles. The lowest BCUT2D eigenvalue weighted by Gasteiger charge is -2.34. The largest absolute Gasteiger partial charge is 0.480 e. The molecule has 7 heteroatoms. The Morgan fingerprint density at radius 2 is 2.06 bits per heavy atom. The molecule has 1 fully saturated rings. The molecule has 1 heterocycles. The third-order valence-corrected chi connectivity index (χ3v) is 5.18. The molecule has 6 nitrogen and oxygen atoms in total. The second-order valence-corrected chi connectivity index (χ2v) is 6.47. The molecule has 0 bridgehead atoms. The van der Waals surface area contributed by atoms with E-state index < -0.39 is 27.3 Å². The standard InChI is InChI=1S/C9H17NO5S/c1-6-3-4-10(5-8(6)11)16(14,15)7(2)9(12)13/h6-8,11H,3-5H2,1-2H3,(H,12,13). The number of hydrogen-bond acceptors (Lipinski definition) is 4. The van der Waals surface area contributed by atoms with Gasteiger partial charge in [0.25, 0.3) is 0 Å². The molecule has 0 saturated carbocycles. The van der Waals surface area contributed by atoms with Crippen LogP contribution in [0.3, 0.4) is 0 Å². The zero-order valence-electron chi connectivity index (χ0n) is 9.33. The van der Waals surface area contributed by atoms with E-state index >= 15 is 0 Å². The lowest BCUT2D eigenvalue weighted by atomic mass is 9.98. The zero-order chi connectivity index (χ0) is 12.5. The average Bonchev–Trinajstić information content (AvgIpc) is 2.20. The molecule has 3 atom stereocenters. The predicted octanol–water partition coefficient (Wildman–Crippen LogP) is -0.508. The predicted molar refractivity (Wildman–Crippen MR) is 57.4 cm³/mol. The monoisotopic (exact) mass is 251 g/mol. The molecule has 1 aliphatic rings. The quantitative estimate of drug-likeness (QED) is 0.704. The Hall–Kier alpha value is -0.660. The van der Waals surface area contributed by atoms with Gasteiger partial charge in [-0.05, 0) is 19.3 Å².